The van der Waals surface area contributed by atoms with Crippen molar-refractivity contribution in [2.45, 2.75) is 32.9 Å². The zero-order valence-corrected chi connectivity index (χ0v) is 12.6. The molecule has 0 spiro atoms. The van der Waals surface area contributed by atoms with Crippen molar-refractivity contribution in [3.8, 4) is 0 Å². The van der Waals surface area contributed by atoms with Gasteiger partial charge in [-0.2, -0.15) is 5.10 Å². The van der Waals surface area contributed by atoms with E-state index in [1.807, 2.05) is 24.6 Å². The number of benzene rings is 1. The third-order valence-electron chi connectivity index (χ3n) is 3.07. The van der Waals surface area contributed by atoms with Gasteiger partial charge in [0.1, 0.15) is 5.82 Å². The van der Waals surface area contributed by atoms with Gasteiger partial charge in [-0.05, 0) is 44.0 Å². The number of hydrogen-bond donors (Lipinski definition) is 1. The zero-order valence-electron chi connectivity index (χ0n) is 11.0. The lowest BCUT2D eigenvalue weighted by molar-refractivity contribution is 0.565. The largest absolute Gasteiger partial charge is 0.322 e. The Kier molecular flexibility index (Phi) is 4.37. The van der Waals surface area contributed by atoms with Gasteiger partial charge in [-0.3, -0.25) is 4.68 Å². The molecule has 0 aliphatic carbocycles. The lowest BCUT2D eigenvalue weighted by Crippen LogP contribution is -2.18. The highest BCUT2D eigenvalue weighted by atomic mass is 79.9. The van der Waals surface area contributed by atoms with Gasteiger partial charge in [-0.1, -0.05) is 22.0 Å². The first-order chi connectivity index (χ1) is 9.01. The molecule has 102 valence electrons. The molecule has 0 fully saturated rings. The lowest BCUT2D eigenvalue weighted by atomic mass is 10.0. The van der Waals surface area contributed by atoms with Crippen LogP contribution in [0.25, 0.3) is 0 Å². The zero-order chi connectivity index (χ0) is 14.0. The molecule has 5 heteroatoms. The summed E-state index contributed by atoms with van der Waals surface area (Å²) in [5, 5.41) is 4.39. The van der Waals surface area contributed by atoms with Gasteiger partial charge in [0, 0.05) is 11.0 Å². The maximum atomic E-state index is 13.1. The Hall–Kier alpha value is -1.20. The molecule has 0 bridgehead atoms. The summed E-state index contributed by atoms with van der Waals surface area (Å²) in [6.07, 6.45) is 0.645. The first-order valence-corrected chi connectivity index (χ1v) is 7.04. The first-order valence-electron chi connectivity index (χ1n) is 6.25. The molecule has 0 aliphatic heterocycles. The Balaban J connectivity index is 2.22. The fraction of sp³-hybridized carbons (Fsp3) is 0.357. The molecule has 0 radical (unpaired) electrons. The average molecular weight is 326 g/mol. The Morgan fingerprint density at radius 1 is 1.42 bits per heavy atom. The minimum atomic E-state index is -0.251. The third kappa shape index (κ3) is 3.22. The topological polar surface area (TPSA) is 43.8 Å². The van der Waals surface area contributed by atoms with Gasteiger partial charge < -0.3 is 5.73 Å². The number of rotatable bonds is 4. The van der Waals surface area contributed by atoms with Crippen LogP contribution in [0.3, 0.4) is 0 Å². The van der Waals surface area contributed by atoms with Crippen LogP contribution >= 0.6 is 15.9 Å². The van der Waals surface area contributed by atoms with Crippen molar-refractivity contribution in [3.05, 3.63) is 51.5 Å². The Morgan fingerprint density at radius 3 is 2.79 bits per heavy atom. The molecule has 1 unspecified atom stereocenters. The molecule has 1 atom stereocenters. The highest BCUT2D eigenvalue weighted by Gasteiger charge is 2.15. The minimum absolute atomic E-state index is 0.150. The fourth-order valence-corrected chi connectivity index (χ4v) is 2.66. The van der Waals surface area contributed by atoms with Crippen LogP contribution < -0.4 is 5.73 Å². The summed E-state index contributed by atoms with van der Waals surface area (Å²) in [6, 6.07) is 6.53. The normalized spacial score (nSPS) is 12.7. The van der Waals surface area contributed by atoms with E-state index in [9.17, 15) is 4.39 Å². The van der Waals surface area contributed by atoms with E-state index in [1.54, 1.807) is 6.07 Å². The van der Waals surface area contributed by atoms with Gasteiger partial charge in [-0.15, -0.1) is 0 Å². The fourth-order valence-electron chi connectivity index (χ4n) is 2.15. The van der Waals surface area contributed by atoms with Crippen LogP contribution in [-0.2, 0) is 13.0 Å². The summed E-state index contributed by atoms with van der Waals surface area (Å²) in [4.78, 5) is 0. The third-order valence-corrected chi connectivity index (χ3v) is 3.81. The van der Waals surface area contributed by atoms with E-state index in [0.717, 1.165) is 28.0 Å². The van der Waals surface area contributed by atoms with E-state index in [4.69, 9.17) is 5.73 Å². The summed E-state index contributed by atoms with van der Waals surface area (Å²) in [7, 11) is 0. The molecule has 2 rings (SSSR count). The molecule has 0 saturated carbocycles. The van der Waals surface area contributed by atoms with Gasteiger partial charge in [0.15, 0.2) is 0 Å². The van der Waals surface area contributed by atoms with E-state index < -0.39 is 0 Å². The van der Waals surface area contributed by atoms with E-state index in [2.05, 4.69) is 21.0 Å². The van der Waals surface area contributed by atoms with Crippen LogP contribution in [0.1, 0.15) is 29.9 Å². The van der Waals surface area contributed by atoms with Gasteiger partial charge in [0.05, 0.1) is 17.4 Å². The number of aromatic nitrogens is 2. The number of nitrogens with two attached hydrogens (primary N) is 1. The minimum Gasteiger partial charge on any atom is -0.322 e. The molecule has 3 nitrogen and oxygen atoms in total. The smallest absolute Gasteiger partial charge is 0.124 e. The Bertz CT molecular complexity index is 580. The summed E-state index contributed by atoms with van der Waals surface area (Å²) >= 11 is 3.37. The predicted octanol–water partition coefficient (Wildman–Crippen LogP) is 3.36. The molecule has 0 saturated heterocycles. The van der Waals surface area contributed by atoms with E-state index in [-0.39, 0.29) is 11.9 Å². The van der Waals surface area contributed by atoms with Crippen LogP contribution in [0.2, 0.25) is 0 Å². The highest BCUT2D eigenvalue weighted by Crippen LogP contribution is 2.24. The van der Waals surface area contributed by atoms with Crippen molar-refractivity contribution in [1.82, 2.24) is 9.78 Å². The molecule has 0 amide bonds. The Morgan fingerprint density at radius 2 is 2.16 bits per heavy atom. The molecule has 19 heavy (non-hydrogen) atoms. The summed E-state index contributed by atoms with van der Waals surface area (Å²) < 4.78 is 15.7. The second kappa shape index (κ2) is 5.84. The van der Waals surface area contributed by atoms with Crippen molar-refractivity contribution < 1.29 is 4.39 Å². The number of hydrogen-bond acceptors (Lipinski definition) is 2. The highest BCUT2D eigenvalue weighted by molar-refractivity contribution is 9.10. The average Bonchev–Trinajstić information content (AvgIpc) is 2.74. The summed E-state index contributed by atoms with van der Waals surface area (Å²) in [5.74, 6) is -0.251. The molecule has 2 aromatic rings. The summed E-state index contributed by atoms with van der Waals surface area (Å²) in [6.45, 7) is 4.79. The van der Waals surface area contributed by atoms with Crippen molar-refractivity contribution in [2.75, 3.05) is 0 Å². The Labute approximate surface area is 120 Å². The molecule has 1 aromatic carbocycles. The van der Waals surface area contributed by atoms with E-state index in [0.29, 0.717) is 6.42 Å². The molecular weight excluding hydrogens is 309 g/mol. The maximum absolute atomic E-state index is 13.1. The van der Waals surface area contributed by atoms with E-state index in [1.165, 1.54) is 12.1 Å². The van der Waals surface area contributed by atoms with Gasteiger partial charge >= 0.3 is 0 Å². The molecule has 2 N–H and O–H groups in total. The van der Waals surface area contributed by atoms with Crippen molar-refractivity contribution >= 4 is 15.9 Å². The van der Waals surface area contributed by atoms with Crippen LogP contribution in [0.15, 0.2) is 28.7 Å². The van der Waals surface area contributed by atoms with Crippen molar-refractivity contribution in [3.63, 3.8) is 0 Å². The number of nitrogens with zero attached hydrogens (tertiary/aromatic N) is 2. The quantitative estimate of drug-likeness (QED) is 0.936. The van der Waals surface area contributed by atoms with Crippen LogP contribution in [0.4, 0.5) is 4.39 Å². The van der Waals surface area contributed by atoms with Crippen LogP contribution in [-0.4, -0.2) is 9.78 Å². The number of halogens is 2. The maximum Gasteiger partial charge on any atom is 0.124 e. The van der Waals surface area contributed by atoms with Gasteiger partial charge in [-0.25, -0.2) is 4.39 Å². The second-order valence-corrected chi connectivity index (χ2v) is 5.43. The molecular formula is C14H17BrFN3. The van der Waals surface area contributed by atoms with Gasteiger partial charge in [0.25, 0.3) is 0 Å². The monoisotopic (exact) mass is 325 g/mol. The SMILES string of the molecule is CCn1nc(C)cc1C(N)Cc1ccc(F)cc1Br. The van der Waals surface area contributed by atoms with Gasteiger partial charge in [0.2, 0.25) is 0 Å². The predicted molar refractivity (Wildman–Crippen MR) is 77.4 cm³/mol. The van der Waals surface area contributed by atoms with Crippen LogP contribution in [0, 0.1) is 12.7 Å². The molecule has 1 heterocycles. The first kappa shape index (κ1) is 14.2. The van der Waals surface area contributed by atoms with E-state index >= 15 is 0 Å². The van der Waals surface area contributed by atoms with Crippen molar-refractivity contribution in [1.29, 1.82) is 0 Å². The molecule has 0 aliphatic rings. The standard InChI is InChI=1S/C14H17BrFN3/c1-3-19-14(6-9(2)18-19)13(17)7-10-4-5-11(16)8-12(10)15/h4-6,8,13H,3,7,17H2,1-2H3. The second-order valence-electron chi connectivity index (χ2n) is 4.57. The summed E-state index contributed by atoms with van der Waals surface area (Å²) in [5.41, 5.74) is 9.22. The van der Waals surface area contributed by atoms with Crippen LogP contribution in [0.5, 0.6) is 0 Å². The molecule has 1 aromatic heterocycles. The van der Waals surface area contributed by atoms with Crippen molar-refractivity contribution in [2.24, 2.45) is 5.73 Å². The number of aryl methyl sites for hydroxylation is 2. The lowest BCUT2D eigenvalue weighted by Gasteiger charge is -2.14.